The number of carbonyl (C=O) groups is 3. The van der Waals surface area contributed by atoms with Gasteiger partial charge in [-0.15, -0.1) is 0 Å². The van der Waals surface area contributed by atoms with Crippen molar-refractivity contribution >= 4 is 17.5 Å². The number of hydrogen-bond acceptors (Lipinski definition) is 3. The fourth-order valence-corrected chi connectivity index (χ4v) is 3.79. The van der Waals surface area contributed by atoms with Crippen molar-refractivity contribution in [3.63, 3.8) is 0 Å². The lowest BCUT2D eigenvalue weighted by Gasteiger charge is -2.27. The summed E-state index contributed by atoms with van der Waals surface area (Å²) in [6.45, 7) is 5.51. The van der Waals surface area contributed by atoms with Crippen molar-refractivity contribution in [2.24, 2.45) is 17.8 Å². The Morgan fingerprint density at radius 1 is 1.00 bits per heavy atom. The molecule has 0 aliphatic heterocycles. The smallest absolute Gasteiger partial charge is 0.236 e. The van der Waals surface area contributed by atoms with Gasteiger partial charge in [-0.3, -0.25) is 14.4 Å². The first-order valence-electron chi connectivity index (χ1n) is 10.9. The van der Waals surface area contributed by atoms with Crippen LogP contribution in [0.25, 0.3) is 0 Å². The Labute approximate surface area is 188 Å². The molecule has 0 aromatic heterocycles. The van der Waals surface area contributed by atoms with Crippen LogP contribution >= 0.6 is 0 Å². The molecule has 5 heteroatoms. The number of Topliss-reactive ketones (excluding diaryl/α,β-unsaturated/α-hetero) is 2. The molecule has 3 atom stereocenters. The molecule has 0 bridgehead atoms. The Hall–Kier alpha value is -3.34. The number of ketones is 2. The van der Waals surface area contributed by atoms with E-state index in [0.29, 0.717) is 17.2 Å². The average molecular weight is 434 g/mol. The van der Waals surface area contributed by atoms with Crippen molar-refractivity contribution in [3.05, 3.63) is 95.5 Å². The van der Waals surface area contributed by atoms with Crippen LogP contribution in [0.5, 0.6) is 0 Å². The molecule has 1 N–H and O–H groups in total. The molecule has 0 saturated carbocycles. The zero-order valence-electron chi connectivity index (χ0n) is 18.5. The van der Waals surface area contributed by atoms with Gasteiger partial charge < -0.3 is 5.32 Å². The lowest BCUT2D eigenvalue weighted by atomic mass is 9.75. The second-order valence-electron chi connectivity index (χ2n) is 8.52. The van der Waals surface area contributed by atoms with Crippen molar-refractivity contribution in [3.8, 4) is 0 Å². The first-order valence-corrected chi connectivity index (χ1v) is 10.9. The van der Waals surface area contributed by atoms with Gasteiger partial charge in [-0.2, -0.15) is 0 Å². The number of halogens is 1. The predicted octanol–water partition coefficient (Wildman–Crippen LogP) is 5.23. The summed E-state index contributed by atoms with van der Waals surface area (Å²) in [4.78, 5) is 40.3. The van der Waals surface area contributed by atoms with E-state index in [1.54, 1.807) is 44.2 Å². The van der Waals surface area contributed by atoms with E-state index in [1.165, 1.54) is 24.3 Å². The third-order valence-corrected chi connectivity index (χ3v) is 5.64. The van der Waals surface area contributed by atoms with E-state index in [9.17, 15) is 18.8 Å². The van der Waals surface area contributed by atoms with E-state index in [4.69, 9.17) is 0 Å². The summed E-state index contributed by atoms with van der Waals surface area (Å²) in [5.41, 5.74) is 1.44. The van der Waals surface area contributed by atoms with Crippen LogP contribution < -0.4 is 5.32 Å². The van der Waals surface area contributed by atoms with E-state index in [2.05, 4.69) is 12.2 Å². The first kappa shape index (κ1) is 23.3. The molecule has 0 spiro atoms. The van der Waals surface area contributed by atoms with Gasteiger partial charge in [0.25, 0.3) is 0 Å². The molecular weight excluding hydrogens is 405 g/mol. The van der Waals surface area contributed by atoms with Crippen LogP contribution in [0.1, 0.15) is 49.0 Å². The second kappa shape index (κ2) is 10.3. The predicted molar refractivity (Wildman–Crippen MR) is 122 cm³/mol. The summed E-state index contributed by atoms with van der Waals surface area (Å²) >= 11 is 0. The average Bonchev–Trinajstić information content (AvgIpc) is 2.79. The number of rotatable bonds is 8. The SMILES string of the molecule is CC1C=CC(NC(=O)C(C(=O)C(C)C)C(C(=O)c2ccc(F)cc2)c2ccccc2)=CC1. The summed E-state index contributed by atoms with van der Waals surface area (Å²) in [6.07, 6.45) is 6.51. The van der Waals surface area contributed by atoms with Gasteiger partial charge in [0.1, 0.15) is 17.5 Å². The van der Waals surface area contributed by atoms with Gasteiger partial charge in [0.2, 0.25) is 5.91 Å². The highest BCUT2D eigenvalue weighted by Crippen LogP contribution is 2.32. The van der Waals surface area contributed by atoms with Crippen molar-refractivity contribution < 1.29 is 18.8 Å². The lowest BCUT2D eigenvalue weighted by molar-refractivity contribution is -0.136. The molecule has 1 aliphatic rings. The zero-order valence-corrected chi connectivity index (χ0v) is 18.5. The minimum absolute atomic E-state index is 0.250. The Morgan fingerprint density at radius 2 is 1.66 bits per heavy atom. The number of amides is 1. The van der Waals surface area contributed by atoms with Crippen LogP contribution in [0.4, 0.5) is 4.39 Å². The molecule has 4 nitrogen and oxygen atoms in total. The van der Waals surface area contributed by atoms with E-state index < -0.39 is 35.3 Å². The number of hydrogen-bond donors (Lipinski definition) is 1. The van der Waals surface area contributed by atoms with E-state index >= 15 is 0 Å². The van der Waals surface area contributed by atoms with Gasteiger partial charge >= 0.3 is 0 Å². The van der Waals surface area contributed by atoms with Gasteiger partial charge in [-0.05, 0) is 48.2 Å². The van der Waals surface area contributed by atoms with Crippen LogP contribution in [0.2, 0.25) is 0 Å². The lowest BCUT2D eigenvalue weighted by Crippen LogP contribution is -2.42. The molecular formula is C27H28FNO3. The number of carbonyl (C=O) groups excluding carboxylic acids is 3. The Morgan fingerprint density at radius 3 is 2.22 bits per heavy atom. The van der Waals surface area contributed by atoms with Gasteiger partial charge in [0, 0.05) is 17.2 Å². The molecule has 1 aliphatic carbocycles. The fraction of sp³-hybridized carbons (Fsp3) is 0.296. The van der Waals surface area contributed by atoms with Crippen molar-refractivity contribution in [2.75, 3.05) is 0 Å². The van der Waals surface area contributed by atoms with Gasteiger partial charge in [0.15, 0.2) is 5.78 Å². The highest BCUT2D eigenvalue weighted by atomic mass is 19.1. The van der Waals surface area contributed by atoms with Gasteiger partial charge in [-0.1, -0.05) is 63.3 Å². The minimum Gasteiger partial charge on any atom is -0.326 e. The molecule has 0 heterocycles. The van der Waals surface area contributed by atoms with Gasteiger partial charge in [0.05, 0.1) is 5.92 Å². The number of nitrogens with one attached hydrogen (secondary N) is 1. The summed E-state index contributed by atoms with van der Waals surface area (Å²) in [5.74, 6) is -4.01. The number of allylic oxidation sites excluding steroid dienone is 3. The maximum absolute atomic E-state index is 13.6. The quantitative estimate of drug-likeness (QED) is 0.458. The molecule has 2 aromatic carbocycles. The van der Waals surface area contributed by atoms with E-state index in [0.717, 1.165) is 6.42 Å². The first-order chi connectivity index (χ1) is 15.3. The maximum atomic E-state index is 13.6. The van der Waals surface area contributed by atoms with E-state index in [-0.39, 0.29) is 11.3 Å². The molecule has 0 fully saturated rings. The van der Waals surface area contributed by atoms with Crippen molar-refractivity contribution in [1.29, 1.82) is 0 Å². The third-order valence-electron chi connectivity index (χ3n) is 5.64. The van der Waals surface area contributed by atoms with Crippen LogP contribution in [0.15, 0.2) is 78.5 Å². The molecule has 2 aromatic rings. The fourth-order valence-electron chi connectivity index (χ4n) is 3.79. The molecule has 1 amide bonds. The minimum atomic E-state index is -1.22. The molecule has 32 heavy (non-hydrogen) atoms. The zero-order chi connectivity index (χ0) is 23.3. The summed E-state index contributed by atoms with van der Waals surface area (Å²) < 4.78 is 13.4. The summed E-state index contributed by atoms with van der Waals surface area (Å²) in [5, 5.41) is 2.84. The molecule has 3 rings (SSSR count). The van der Waals surface area contributed by atoms with Crippen LogP contribution in [-0.4, -0.2) is 17.5 Å². The molecule has 166 valence electrons. The van der Waals surface area contributed by atoms with Crippen LogP contribution in [-0.2, 0) is 9.59 Å². The molecule has 0 radical (unpaired) electrons. The van der Waals surface area contributed by atoms with Crippen LogP contribution in [0, 0.1) is 23.6 Å². The van der Waals surface area contributed by atoms with Gasteiger partial charge in [-0.25, -0.2) is 4.39 Å². The second-order valence-corrected chi connectivity index (χ2v) is 8.52. The monoisotopic (exact) mass is 433 g/mol. The van der Waals surface area contributed by atoms with Crippen molar-refractivity contribution in [1.82, 2.24) is 5.32 Å². The van der Waals surface area contributed by atoms with E-state index in [1.807, 2.05) is 18.2 Å². The standard InChI is InChI=1S/C27H28FNO3/c1-17(2)25(30)24(27(32)29-22-15-9-18(3)10-16-22)23(19-7-5-4-6-8-19)26(31)20-11-13-21(28)14-12-20/h4-9,11-18,23-24H,10H2,1-3H3,(H,29,32). The molecule has 0 saturated heterocycles. The highest BCUT2D eigenvalue weighted by Gasteiger charge is 2.41. The summed E-state index contributed by atoms with van der Waals surface area (Å²) in [7, 11) is 0. The third kappa shape index (κ3) is 5.47. The van der Waals surface area contributed by atoms with Crippen LogP contribution in [0.3, 0.4) is 0 Å². The Kier molecular flexibility index (Phi) is 7.52. The maximum Gasteiger partial charge on any atom is 0.236 e. The molecule has 3 unspecified atom stereocenters. The topological polar surface area (TPSA) is 63.2 Å². The van der Waals surface area contributed by atoms with Crippen molar-refractivity contribution in [2.45, 2.75) is 33.1 Å². The normalized spacial score (nSPS) is 17.4. The summed E-state index contributed by atoms with van der Waals surface area (Å²) in [6, 6.07) is 14.0. The highest BCUT2D eigenvalue weighted by molar-refractivity contribution is 6.12. The Bertz CT molecular complexity index is 1040. The number of benzene rings is 2. The Balaban J connectivity index is 2.04. The largest absolute Gasteiger partial charge is 0.326 e.